The average Bonchev–Trinajstić information content (AvgIpc) is 2.51. The first-order chi connectivity index (χ1) is 11.0. The van der Waals surface area contributed by atoms with Gasteiger partial charge in [-0.05, 0) is 13.8 Å². The smallest absolute Gasteiger partial charge is 0.226 e. The van der Waals surface area contributed by atoms with Crippen molar-refractivity contribution in [2.24, 2.45) is 11.8 Å². The molecule has 0 aliphatic carbocycles. The molecule has 0 saturated carbocycles. The molecule has 5 nitrogen and oxygen atoms in total. The molecule has 0 spiro atoms. The van der Waals surface area contributed by atoms with Crippen LogP contribution in [0, 0.1) is 11.8 Å². The van der Waals surface area contributed by atoms with E-state index in [0.717, 1.165) is 44.9 Å². The number of likely N-dealkylation sites (tertiary alicyclic amines) is 1. The number of piperidine rings is 1. The lowest BCUT2D eigenvalue weighted by molar-refractivity contribution is -0.918. The molecule has 0 aromatic carbocycles. The van der Waals surface area contributed by atoms with Crippen LogP contribution in [0.1, 0.15) is 26.7 Å². The summed E-state index contributed by atoms with van der Waals surface area (Å²) in [4.78, 5) is 17.4. The molecule has 23 heavy (non-hydrogen) atoms. The van der Waals surface area contributed by atoms with Gasteiger partial charge in [0.05, 0.1) is 26.7 Å². The molecule has 0 aromatic rings. The molecule has 0 atom stereocenters. The Kier molecular flexibility index (Phi) is 5.29. The highest BCUT2D eigenvalue weighted by molar-refractivity contribution is 5.79. The Morgan fingerprint density at radius 2 is 1.74 bits per heavy atom. The maximum Gasteiger partial charge on any atom is 0.226 e. The monoisotopic (exact) mass is 323 g/mol. The van der Waals surface area contributed by atoms with Crippen molar-refractivity contribution in [2.45, 2.75) is 32.7 Å². The summed E-state index contributed by atoms with van der Waals surface area (Å²) in [6, 6.07) is 0.598. The van der Waals surface area contributed by atoms with Gasteiger partial charge in [0.2, 0.25) is 5.91 Å². The van der Waals surface area contributed by atoms with E-state index >= 15 is 0 Å². The highest BCUT2D eigenvalue weighted by atomic mass is 16.2. The van der Waals surface area contributed by atoms with Crippen LogP contribution in [0.2, 0.25) is 0 Å². The van der Waals surface area contributed by atoms with Crippen molar-refractivity contribution in [1.29, 1.82) is 0 Å². The third-order valence-corrected chi connectivity index (χ3v) is 6.31. The molecule has 1 amide bonds. The highest BCUT2D eigenvalue weighted by Crippen LogP contribution is 2.26. The molecule has 3 saturated heterocycles. The predicted octanol–water partition coefficient (Wildman–Crippen LogP) is 0.615. The van der Waals surface area contributed by atoms with Crippen molar-refractivity contribution in [1.82, 2.24) is 15.1 Å². The average molecular weight is 324 g/mol. The van der Waals surface area contributed by atoms with Gasteiger partial charge in [0.25, 0.3) is 0 Å². The number of carbonyl (C=O) groups excluding carboxylic acids is 1. The summed E-state index contributed by atoms with van der Waals surface area (Å²) in [5.41, 5.74) is 0. The molecule has 3 heterocycles. The number of carbonyl (C=O) groups is 1. The summed E-state index contributed by atoms with van der Waals surface area (Å²) in [6.45, 7) is 14.5. The van der Waals surface area contributed by atoms with Gasteiger partial charge >= 0.3 is 0 Å². The Labute approximate surface area is 141 Å². The summed E-state index contributed by atoms with van der Waals surface area (Å²) in [6.07, 6.45) is 2.17. The third-order valence-electron chi connectivity index (χ3n) is 6.31. The van der Waals surface area contributed by atoms with Gasteiger partial charge in [0.15, 0.2) is 0 Å². The Morgan fingerprint density at radius 1 is 1.13 bits per heavy atom. The van der Waals surface area contributed by atoms with E-state index in [-0.39, 0.29) is 5.92 Å². The number of hydrogen-bond donors (Lipinski definition) is 1. The van der Waals surface area contributed by atoms with E-state index in [2.05, 4.69) is 36.0 Å². The van der Waals surface area contributed by atoms with Crippen molar-refractivity contribution in [3.63, 3.8) is 0 Å². The quantitative estimate of drug-likeness (QED) is 0.770. The number of rotatable bonds is 4. The van der Waals surface area contributed by atoms with E-state index in [4.69, 9.17) is 0 Å². The van der Waals surface area contributed by atoms with Crippen LogP contribution in [0.4, 0.5) is 0 Å². The standard InChI is InChI=1S/C18H35N4O/c1-15(2)20-6-8-21(9-7-20)18(23)17-4-10-22(3,11-5-17)14-16-12-19-13-16/h15-17,19H,4-14H2,1-3H3/q+1. The molecule has 0 bridgehead atoms. The van der Waals surface area contributed by atoms with Gasteiger partial charge in [-0.25, -0.2) is 0 Å². The van der Waals surface area contributed by atoms with Crippen molar-refractivity contribution in [3.05, 3.63) is 0 Å². The molecule has 3 aliphatic rings. The number of hydrogen-bond acceptors (Lipinski definition) is 3. The Hall–Kier alpha value is -0.650. The number of amides is 1. The van der Waals surface area contributed by atoms with Crippen LogP contribution in [-0.4, -0.2) is 92.2 Å². The van der Waals surface area contributed by atoms with E-state index in [9.17, 15) is 4.79 Å². The topological polar surface area (TPSA) is 35.6 Å². The second kappa shape index (κ2) is 7.08. The van der Waals surface area contributed by atoms with E-state index in [1.165, 1.54) is 37.2 Å². The minimum Gasteiger partial charge on any atom is -0.340 e. The molecule has 0 aromatic heterocycles. The highest BCUT2D eigenvalue weighted by Gasteiger charge is 2.38. The largest absolute Gasteiger partial charge is 0.340 e. The number of quaternary nitrogens is 1. The predicted molar refractivity (Wildman–Crippen MR) is 93.2 cm³/mol. The van der Waals surface area contributed by atoms with Crippen molar-refractivity contribution in [3.8, 4) is 0 Å². The number of piperazine rings is 1. The number of nitrogens with zero attached hydrogens (tertiary/aromatic N) is 3. The van der Waals surface area contributed by atoms with Gasteiger partial charge in [-0.2, -0.15) is 0 Å². The fourth-order valence-corrected chi connectivity index (χ4v) is 4.44. The summed E-state index contributed by atoms with van der Waals surface area (Å²) in [5, 5.41) is 3.37. The summed E-state index contributed by atoms with van der Waals surface area (Å²) >= 11 is 0. The molecule has 0 unspecified atom stereocenters. The van der Waals surface area contributed by atoms with Crippen molar-refractivity contribution < 1.29 is 9.28 Å². The van der Waals surface area contributed by atoms with Gasteiger partial charge in [0.1, 0.15) is 0 Å². The number of nitrogens with one attached hydrogen (secondary N) is 1. The zero-order valence-electron chi connectivity index (χ0n) is 15.3. The summed E-state index contributed by atoms with van der Waals surface area (Å²) in [7, 11) is 2.39. The summed E-state index contributed by atoms with van der Waals surface area (Å²) in [5.74, 6) is 1.58. The lowest BCUT2D eigenvalue weighted by Gasteiger charge is -2.45. The van der Waals surface area contributed by atoms with Gasteiger partial charge in [0, 0.05) is 70.0 Å². The first-order valence-electron chi connectivity index (χ1n) is 9.54. The molecular formula is C18H35N4O+. The van der Waals surface area contributed by atoms with E-state index in [1.807, 2.05) is 0 Å². The van der Waals surface area contributed by atoms with Crippen LogP contribution in [0.5, 0.6) is 0 Å². The molecular weight excluding hydrogens is 288 g/mol. The van der Waals surface area contributed by atoms with Gasteiger partial charge < -0.3 is 14.7 Å². The Balaban J connectivity index is 1.45. The van der Waals surface area contributed by atoms with Crippen molar-refractivity contribution >= 4 is 5.91 Å². The Bertz CT molecular complexity index is 405. The zero-order chi connectivity index (χ0) is 16.4. The lowest BCUT2D eigenvalue weighted by atomic mass is 9.91. The first-order valence-corrected chi connectivity index (χ1v) is 9.54. The van der Waals surface area contributed by atoms with Crippen LogP contribution >= 0.6 is 0 Å². The van der Waals surface area contributed by atoms with Crippen LogP contribution in [0.25, 0.3) is 0 Å². The van der Waals surface area contributed by atoms with Gasteiger partial charge in [-0.1, -0.05) is 0 Å². The lowest BCUT2D eigenvalue weighted by Crippen LogP contribution is -2.59. The second-order valence-electron chi connectivity index (χ2n) is 8.50. The van der Waals surface area contributed by atoms with E-state index < -0.39 is 0 Å². The van der Waals surface area contributed by atoms with Crippen molar-refractivity contribution in [2.75, 3.05) is 66.0 Å². The minimum atomic E-state index is 0.284. The zero-order valence-corrected chi connectivity index (χ0v) is 15.3. The molecule has 1 N–H and O–H groups in total. The fourth-order valence-electron chi connectivity index (χ4n) is 4.44. The SMILES string of the molecule is CC(C)N1CCN(C(=O)C2CC[N+](C)(CC3CNC3)CC2)CC1. The van der Waals surface area contributed by atoms with E-state index in [0.29, 0.717) is 11.9 Å². The molecule has 132 valence electrons. The molecule has 3 aliphatic heterocycles. The second-order valence-corrected chi connectivity index (χ2v) is 8.50. The van der Waals surface area contributed by atoms with Gasteiger partial charge in [-0.3, -0.25) is 9.69 Å². The fraction of sp³-hybridized carbons (Fsp3) is 0.944. The minimum absolute atomic E-state index is 0.284. The van der Waals surface area contributed by atoms with Crippen LogP contribution in [-0.2, 0) is 4.79 Å². The molecule has 3 rings (SSSR count). The maximum absolute atomic E-state index is 12.8. The van der Waals surface area contributed by atoms with Crippen LogP contribution in [0.3, 0.4) is 0 Å². The van der Waals surface area contributed by atoms with Crippen LogP contribution in [0.15, 0.2) is 0 Å². The third kappa shape index (κ3) is 4.06. The van der Waals surface area contributed by atoms with Crippen LogP contribution < -0.4 is 5.32 Å². The summed E-state index contributed by atoms with van der Waals surface area (Å²) < 4.78 is 1.18. The normalized spacial score (nSPS) is 33.7. The molecule has 5 heteroatoms. The maximum atomic E-state index is 12.8. The molecule has 3 fully saturated rings. The van der Waals surface area contributed by atoms with Gasteiger partial charge in [-0.15, -0.1) is 0 Å². The molecule has 0 radical (unpaired) electrons. The Morgan fingerprint density at radius 3 is 2.22 bits per heavy atom. The first kappa shape index (κ1) is 17.2. The van der Waals surface area contributed by atoms with E-state index in [1.54, 1.807) is 0 Å².